The Hall–Kier alpha value is -0.620. The first-order valence-electron chi connectivity index (χ1n) is 6.83. The Morgan fingerprint density at radius 1 is 1.42 bits per heavy atom. The van der Waals surface area contributed by atoms with Gasteiger partial charge in [-0.15, -0.1) is 0 Å². The maximum atomic E-state index is 6.26. The first-order chi connectivity index (χ1) is 9.14. The van der Waals surface area contributed by atoms with Gasteiger partial charge in [0, 0.05) is 14.2 Å². The zero-order valence-electron chi connectivity index (χ0n) is 11.7. The second-order valence-corrected chi connectivity index (χ2v) is 5.69. The molecular weight excluding hydrogens is 264 g/mol. The molecule has 0 spiro atoms. The minimum atomic E-state index is -0.303. The van der Waals surface area contributed by atoms with Crippen molar-refractivity contribution in [1.29, 1.82) is 0 Å². The molecule has 1 aliphatic rings. The minimum absolute atomic E-state index is 0.143. The van der Waals surface area contributed by atoms with E-state index in [1.807, 2.05) is 7.05 Å². The number of hydrogen-bond donors (Lipinski definition) is 2. The zero-order valence-corrected chi connectivity index (χ0v) is 12.4. The molecule has 0 saturated heterocycles. The topological polar surface area (TPSA) is 65.1 Å². The number of hydrogen-bond acceptors (Lipinski definition) is 4. The van der Waals surface area contributed by atoms with Crippen molar-refractivity contribution < 1.29 is 4.74 Å². The second kappa shape index (κ2) is 6.22. The van der Waals surface area contributed by atoms with E-state index < -0.39 is 0 Å². The lowest BCUT2D eigenvalue weighted by Crippen LogP contribution is -2.48. The van der Waals surface area contributed by atoms with Crippen molar-refractivity contribution in [3.63, 3.8) is 0 Å². The number of rotatable bonds is 4. The molecule has 1 aromatic rings. The largest absolute Gasteiger partial charge is 0.376 e. The molecule has 1 saturated carbocycles. The predicted molar refractivity (Wildman–Crippen MR) is 75.7 cm³/mol. The number of ether oxygens (including phenoxy) is 1. The van der Waals surface area contributed by atoms with Crippen molar-refractivity contribution in [3.05, 3.63) is 16.9 Å². The molecule has 0 amide bonds. The van der Waals surface area contributed by atoms with Gasteiger partial charge in [0.2, 0.25) is 0 Å². The van der Waals surface area contributed by atoms with Crippen molar-refractivity contribution in [2.24, 2.45) is 12.9 Å². The summed E-state index contributed by atoms with van der Waals surface area (Å²) in [5, 5.41) is 4.83. The van der Waals surface area contributed by atoms with E-state index in [9.17, 15) is 0 Å². The average Bonchev–Trinajstić information content (AvgIpc) is 2.65. The number of nitrogens with one attached hydrogen (secondary N) is 1. The van der Waals surface area contributed by atoms with Crippen molar-refractivity contribution in [1.82, 2.24) is 15.2 Å². The molecule has 1 atom stereocenters. The molecule has 3 N–H and O–H groups in total. The predicted octanol–water partition coefficient (Wildman–Crippen LogP) is 2.32. The molecule has 0 radical (unpaired) electrons. The fraction of sp³-hybridized carbons (Fsp3) is 0.769. The van der Waals surface area contributed by atoms with Crippen LogP contribution in [-0.4, -0.2) is 22.5 Å². The highest BCUT2D eigenvalue weighted by Crippen LogP contribution is 2.41. The third-order valence-corrected chi connectivity index (χ3v) is 4.55. The Bertz CT molecular complexity index is 393. The Balaban J connectivity index is 2.37. The fourth-order valence-corrected chi connectivity index (χ4v) is 3.44. The highest BCUT2D eigenvalue weighted by Gasteiger charge is 2.42. The van der Waals surface area contributed by atoms with Crippen LogP contribution in [0, 0.1) is 0 Å². The summed E-state index contributed by atoms with van der Waals surface area (Å²) in [6.45, 7) is 0. The molecule has 6 heteroatoms. The fourth-order valence-electron chi connectivity index (χ4n) is 3.16. The molecule has 0 aromatic carbocycles. The van der Waals surface area contributed by atoms with Crippen LogP contribution in [0.25, 0.3) is 0 Å². The normalized spacial score (nSPS) is 21.1. The molecule has 19 heavy (non-hydrogen) atoms. The van der Waals surface area contributed by atoms with Gasteiger partial charge in [0.1, 0.15) is 0 Å². The minimum Gasteiger partial charge on any atom is -0.376 e. The van der Waals surface area contributed by atoms with Gasteiger partial charge >= 0.3 is 0 Å². The molecular formula is C13H23ClN4O. The van der Waals surface area contributed by atoms with Crippen LogP contribution in [0.2, 0.25) is 5.02 Å². The third-order valence-electron chi connectivity index (χ3n) is 4.26. The van der Waals surface area contributed by atoms with Crippen molar-refractivity contribution in [2.45, 2.75) is 50.2 Å². The van der Waals surface area contributed by atoms with E-state index in [2.05, 4.69) is 10.5 Å². The Morgan fingerprint density at radius 3 is 2.47 bits per heavy atom. The number of hydrazine groups is 1. The van der Waals surface area contributed by atoms with Gasteiger partial charge in [0.15, 0.2) is 0 Å². The molecule has 1 aliphatic carbocycles. The van der Waals surface area contributed by atoms with Crippen LogP contribution < -0.4 is 11.3 Å². The molecule has 1 unspecified atom stereocenters. The van der Waals surface area contributed by atoms with Gasteiger partial charge in [-0.25, -0.2) is 5.43 Å². The molecule has 1 fully saturated rings. The summed E-state index contributed by atoms with van der Waals surface area (Å²) in [4.78, 5) is 0. The smallest absolute Gasteiger partial charge is 0.0933 e. The standard InChI is InChI=1S/C13H23ClN4O/c1-18-11(10(14)9-16-18)12(17-15)13(19-2)7-5-3-4-6-8-13/h9,12,17H,3-8,15H2,1-2H3. The highest BCUT2D eigenvalue weighted by molar-refractivity contribution is 6.31. The summed E-state index contributed by atoms with van der Waals surface area (Å²) >= 11 is 6.26. The van der Waals surface area contributed by atoms with Gasteiger partial charge in [-0.3, -0.25) is 10.5 Å². The lowest BCUT2D eigenvalue weighted by Gasteiger charge is -2.39. The van der Waals surface area contributed by atoms with Crippen LogP contribution in [0.4, 0.5) is 0 Å². The quantitative estimate of drug-likeness (QED) is 0.506. The van der Waals surface area contributed by atoms with Gasteiger partial charge in [-0.2, -0.15) is 5.10 Å². The van der Waals surface area contributed by atoms with Crippen LogP contribution in [-0.2, 0) is 11.8 Å². The van der Waals surface area contributed by atoms with Crippen LogP contribution in [0.3, 0.4) is 0 Å². The van der Waals surface area contributed by atoms with Gasteiger partial charge < -0.3 is 4.74 Å². The number of methoxy groups -OCH3 is 1. The summed E-state index contributed by atoms with van der Waals surface area (Å²) < 4.78 is 7.68. The maximum Gasteiger partial charge on any atom is 0.0933 e. The molecule has 0 aliphatic heterocycles. The van der Waals surface area contributed by atoms with Gasteiger partial charge in [0.05, 0.1) is 28.6 Å². The summed E-state index contributed by atoms with van der Waals surface area (Å²) in [6.07, 6.45) is 8.44. The van der Waals surface area contributed by atoms with Crippen LogP contribution in [0.1, 0.15) is 50.3 Å². The van der Waals surface area contributed by atoms with E-state index in [0.29, 0.717) is 5.02 Å². The van der Waals surface area contributed by atoms with E-state index >= 15 is 0 Å². The molecule has 2 rings (SSSR count). The number of halogens is 1. The van der Waals surface area contributed by atoms with E-state index in [0.717, 1.165) is 31.4 Å². The molecule has 0 bridgehead atoms. The number of nitrogens with zero attached hydrogens (tertiary/aromatic N) is 2. The molecule has 5 nitrogen and oxygen atoms in total. The van der Waals surface area contributed by atoms with Crippen molar-refractivity contribution in [2.75, 3.05) is 7.11 Å². The van der Waals surface area contributed by atoms with Gasteiger partial charge in [-0.05, 0) is 12.8 Å². The van der Waals surface area contributed by atoms with Gasteiger partial charge in [0.25, 0.3) is 0 Å². The number of aromatic nitrogens is 2. The zero-order chi connectivity index (χ0) is 13.9. The number of nitrogens with two attached hydrogens (primary N) is 1. The summed E-state index contributed by atoms with van der Waals surface area (Å²) in [7, 11) is 3.64. The Kier molecular flexibility index (Phi) is 4.84. The first kappa shape index (κ1) is 14.8. The third kappa shape index (κ3) is 2.79. The summed E-state index contributed by atoms with van der Waals surface area (Å²) in [6, 6.07) is -0.143. The highest BCUT2D eigenvalue weighted by atomic mass is 35.5. The van der Waals surface area contributed by atoms with E-state index in [-0.39, 0.29) is 11.6 Å². The lowest BCUT2D eigenvalue weighted by atomic mass is 9.84. The van der Waals surface area contributed by atoms with Crippen molar-refractivity contribution in [3.8, 4) is 0 Å². The van der Waals surface area contributed by atoms with Gasteiger partial charge in [-0.1, -0.05) is 37.3 Å². The average molecular weight is 287 g/mol. The SMILES string of the molecule is COC1(C(NN)c2c(Cl)cnn2C)CCCCCC1. The molecule has 108 valence electrons. The van der Waals surface area contributed by atoms with E-state index in [4.69, 9.17) is 22.2 Å². The van der Waals surface area contributed by atoms with Crippen LogP contribution in [0.5, 0.6) is 0 Å². The maximum absolute atomic E-state index is 6.26. The summed E-state index contributed by atoms with van der Waals surface area (Å²) in [5.41, 5.74) is 3.50. The Morgan fingerprint density at radius 2 is 2.05 bits per heavy atom. The summed E-state index contributed by atoms with van der Waals surface area (Å²) in [5.74, 6) is 5.81. The first-order valence-corrected chi connectivity index (χ1v) is 7.21. The second-order valence-electron chi connectivity index (χ2n) is 5.28. The lowest BCUT2D eigenvalue weighted by molar-refractivity contribution is -0.0559. The molecule has 1 aromatic heterocycles. The van der Waals surface area contributed by atoms with Crippen LogP contribution >= 0.6 is 11.6 Å². The van der Waals surface area contributed by atoms with E-state index in [1.165, 1.54) is 12.8 Å². The molecule has 1 heterocycles. The van der Waals surface area contributed by atoms with E-state index in [1.54, 1.807) is 18.0 Å². The Labute approximate surface area is 119 Å². The van der Waals surface area contributed by atoms with Crippen molar-refractivity contribution >= 4 is 11.6 Å². The monoisotopic (exact) mass is 286 g/mol. The van der Waals surface area contributed by atoms with Crippen LogP contribution in [0.15, 0.2) is 6.20 Å². The number of aryl methyl sites for hydroxylation is 1.